The number of methoxy groups -OCH3 is 2. The molecule has 2 aliphatic rings. The van der Waals surface area contributed by atoms with Gasteiger partial charge in [0.25, 0.3) is 11.7 Å². The number of fused-ring (bicyclic) bond motifs is 1. The van der Waals surface area contributed by atoms with Crippen molar-refractivity contribution in [3.05, 3.63) is 58.7 Å². The molecule has 0 spiro atoms. The molecule has 1 atom stereocenters. The number of rotatable bonds is 6. The van der Waals surface area contributed by atoms with Crippen molar-refractivity contribution in [3.8, 4) is 17.2 Å². The Labute approximate surface area is 185 Å². The van der Waals surface area contributed by atoms with E-state index in [9.17, 15) is 14.7 Å². The second kappa shape index (κ2) is 8.92. The van der Waals surface area contributed by atoms with E-state index in [1.165, 1.54) is 12.0 Å². The van der Waals surface area contributed by atoms with Crippen molar-refractivity contribution in [1.82, 2.24) is 4.90 Å². The van der Waals surface area contributed by atoms with Crippen LogP contribution >= 0.6 is 0 Å². The first-order valence-corrected chi connectivity index (χ1v) is 10.3. The van der Waals surface area contributed by atoms with E-state index >= 15 is 0 Å². The zero-order chi connectivity index (χ0) is 22.8. The van der Waals surface area contributed by atoms with Crippen LogP contribution in [0.5, 0.6) is 17.2 Å². The SMILES string of the molecule is COCCN1C(=O)C(=O)/C(=C(/O)c2ccc(OC)cc2C)C1c1ccc2c(c1)OCCO2. The lowest BCUT2D eigenvalue weighted by atomic mass is 9.93. The van der Waals surface area contributed by atoms with E-state index in [-0.39, 0.29) is 24.5 Å². The quantitative estimate of drug-likeness (QED) is 0.420. The van der Waals surface area contributed by atoms with Gasteiger partial charge in [0.2, 0.25) is 0 Å². The molecule has 1 saturated heterocycles. The van der Waals surface area contributed by atoms with Gasteiger partial charge in [-0.05, 0) is 48.4 Å². The van der Waals surface area contributed by atoms with Crippen LogP contribution in [0, 0.1) is 6.92 Å². The second-order valence-corrected chi connectivity index (χ2v) is 7.57. The molecule has 8 nitrogen and oxygen atoms in total. The van der Waals surface area contributed by atoms with Crippen LogP contribution in [-0.4, -0.2) is 62.3 Å². The highest BCUT2D eigenvalue weighted by molar-refractivity contribution is 6.46. The van der Waals surface area contributed by atoms with Crippen molar-refractivity contribution in [2.45, 2.75) is 13.0 Å². The number of amides is 1. The summed E-state index contributed by atoms with van der Waals surface area (Å²) in [6.45, 7) is 3.10. The number of carbonyl (C=O) groups excluding carboxylic acids is 2. The fourth-order valence-electron chi connectivity index (χ4n) is 4.05. The molecular formula is C24H25NO7. The lowest BCUT2D eigenvalue weighted by Gasteiger charge is -2.26. The van der Waals surface area contributed by atoms with Gasteiger partial charge in [-0.25, -0.2) is 0 Å². The van der Waals surface area contributed by atoms with Gasteiger partial charge >= 0.3 is 0 Å². The summed E-state index contributed by atoms with van der Waals surface area (Å²) in [6, 6.07) is 9.61. The Bertz CT molecular complexity index is 1090. The van der Waals surface area contributed by atoms with Crippen LogP contribution in [0.4, 0.5) is 0 Å². The highest BCUT2D eigenvalue weighted by Gasteiger charge is 2.46. The Hall–Kier alpha value is -3.52. The number of Topliss-reactive ketones (excluding diaryl/α,β-unsaturated/α-hetero) is 1. The van der Waals surface area contributed by atoms with Crippen molar-refractivity contribution in [1.29, 1.82) is 0 Å². The van der Waals surface area contributed by atoms with Crippen LogP contribution in [0.2, 0.25) is 0 Å². The van der Waals surface area contributed by atoms with E-state index in [0.717, 1.165) is 0 Å². The fraction of sp³-hybridized carbons (Fsp3) is 0.333. The number of ether oxygens (including phenoxy) is 4. The summed E-state index contributed by atoms with van der Waals surface area (Å²) >= 11 is 0. The second-order valence-electron chi connectivity index (χ2n) is 7.57. The lowest BCUT2D eigenvalue weighted by Crippen LogP contribution is -2.32. The smallest absolute Gasteiger partial charge is 0.295 e. The molecule has 2 aliphatic heterocycles. The minimum atomic E-state index is -0.789. The number of likely N-dealkylation sites (tertiary alicyclic amines) is 1. The van der Waals surface area contributed by atoms with Gasteiger partial charge in [0.1, 0.15) is 24.7 Å². The fourth-order valence-corrected chi connectivity index (χ4v) is 4.05. The first kappa shape index (κ1) is 21.7. The summed E-state index contributed by atoms with van der Waals surface area (Å²) in [5, 5.41) is 11.2. The third-order valence-electron chi connectivity index (χ3n) is 5.65. The third-order valence-corrected chi connectivity index (χ3v) is 5.65. The summed E-state index contributed by atoms with van der Waals surface area (Å²) in [4.78, 5) is 27.4. The van der Waals surface area contributed by atoms with E-state index in [1.54, 1.807) is 50.4 Å². The van der Waals surface area contributed by atoms with E-state index in [4.69, 9.17) is 18.9 Å². The third kappa shape index (κ3) is 3.78. The van der Waals surface area contributed by atoms with E-state index in [0.29, 0.717) is 47.2 Å². The van der Waals surface area contributed by atoms with Crippen LogP contribution in [0.3, 0.4) is 0 Å². The van der Waals surface area contributed by atoms with Crippen LogP contribution in [-0.2, 0) is 14.3 Å². The minimum Gasteiger partial charge on any atom is -0.507 e. The summed E-state index contributed by atoms with van der Waals surface area (Å²) < 4.78 is 21.7. The number of aliphatic hydroxyl groups is 1. The molecule has 1 amide bonds. The molecule has 0 radical (unpaired) electrons. The molecule has 0 saturated carbocycles. The lowest BCUT2D eigenvalue weighted by molar-refractivity contribution is -0.140. The number of benzene rings is 2. The predicted molar refractivity (Wildman–Crippen MR) is 116 cm³/mol. The Balaban J connectivity index is 1.86. The zero-order valence-electron chi connectivity index (χ0n) is 18.2. The van der Waals surface area contributed by atoms with Gasteiger partial charge in [0, 0.05) is 19.2 Å². The number of ketones is 1. The molecule has 8 heteroatoms. The number of aliphatic hydroxyl groups excluding tert-OH is 1. The molecule has 168 valence electrons. The standard InChI is InChI=1S/C24H25NO7/c1-14-12-16(30-3)5-6-17(14)22(26)20-21(25(8-9-29-2)24(28)23(20)27)15-4-7-18-19(13-15)32-11-10-31-18/h4-7,12-13,21,26H,8-11H2,1-3H3/b22-20+. The minimum absolute atomic E-state index is 0.0241. The molecule has 1 N–H and O–H groups in total. The number of carbonyl (C=O) groups is 2. The maximum atomic E-state index is 13.1. The molecule has 0 aliphatic carbocycles. The van der Waals surface area contributed by atoms with E-state index in [1.807, 2.05) is 0 Å². The number of aryl methyl sites for hydroxylation is 1. The summed E-state index contributed by atoms with van der Waals surface area (Å²) in [7, 11) is 3.08. The zero-order valence-corrected chi connectivity index (χ0v) is 18.2. The van der Waals surface area contributed by atoms with E-state index in [2.05, 4.69) is 0 Å². The molecule has 32 heavy (non-hydrogen) atoms. The molecule has 2 aromatic carbocycles. The predicted octanol–water partition coefficient (Wildman–Crippen LogP) is 2.84. The van der Waals surface area contributed by atoms with Gasteiger partial charge in [-0.1, -0.05) is 6.07 Å². The Morgan fingerprint density at radius 2 is 1.84 bits per heavy atom. The van der Waals surface area contributed by atoms with Crippen molar-refractivity contribution < 1.29 is 33.6 Å². The van der Waals surface area contributed by atoms with Crippen LogP contribution in [0.25, 0.3) is 5.76 Å². The molecule has 2 aromatic rings. The number of nitrogens with zero attached hydrogens (tertiary/aromatic N) is 1. The highest BCUT2D eigenvalue weighted by atomic mass is 16.6. The molecule has 0 aromatic heterocycles. The number of hydrogen-bond acceptors (Lipinski definition) is 7. The highest BCUT2D eigenvalue weighted by Crippen LogP contribution is 2.42. The Kier molecular flexibility index (Phi) is 6.05. The van der Waals surface area contributed by atoms with Crippen molar-refractivity contribution in [3.63, 3.8) is 0 Å². The monoisotopic (exact) mass is 439 g/mol. The largest absolute Gasteiger partial charge is 0.507 e. The maximum absolute atomic E-state index is 13.1. The van der Waals surface area contributed by atoms with E-state index < -0.39 is 17.7 Å². The van der Waals surface area contributed by atoms with Crippen molar-refractivity contribution in [2.24, 2.45) is 0 Å². The first-order chi connectivity index (χ1) is 15.5. The van der Waals surface area contributed by atoms with Gasteiger partial charge in [-0.3, -0.25) is 9.59 Å². The van der Waals surface area contributed by atoms with Gasteiger partial charge in [-0.2, -0.15) is 0 Å². The molecular weight excluding hydrogens is 414 g/mol. The summed E-state index contributed by atoms with van der Waals surface area (Å²) in [5.41, 5.74) is 1.83. The van der Waals surface area contributed by atoms with Crippen LogP contribution in [0.15, 0.2) is 42.0 Å². The molecule has 4 rings (SSSR count). The number of hydrogen-bond donors (Lipinski definition) is 1. The average molecular weight is 439 g/mol. The Morgan fingerprint density at radius 1 is 1.09 bits per heavy atom. The van der Waals surface area contributed by atoms with Gasteiger partial charge < -0.3 is 29.0 Å². The average Bonchev–Trinajstić information content (AvgIpc) is 3.06. The first-order valence-electron chi connectivity index (χ1n) is 10.3. The van der Waals surface area contributed by atoms with Crippen LogP contribution in [0.1, 0.15) is 22.7 Å². The van der Waals surface area contributed by atoms with Gasteiger partial charge in [0.15, 0.2) is 11.5 Å². The Morgan fingerprint density at radius 3 is 2.53 bits per heavy atom. The topological polar surface area (TPSA) is 94.5 Å². The molecule has 1 unspecified atom stereocenters. The van der Waals surface area contributed by atoms with Gasteiger partial charge in [-0.15, -0.1) is 0 Å². The van der Waals surface area contributed by atoms with Crippen molar-refractivity contribution in [2.75, 3.05) is 40.6 Å². The molecule has 1 fully saturated rings. The maximum Gasteiger partial charge on any atom is 0.295 e. The normalized spacial score (nSPS) is 19.3. The molecule has 2 heterocycles. The van der Waals surface area contributed by atoms with Crippen LogP contribution < -0.4 is 14.2 Å². The summed E-state index contributed by atoms with van der Waals surface area (Å²) in [5.74, 6) is 0.0983. The summed E-state index contributed by atoms with van der Waals surface area (Å²) in [6.07, 6.45) is 0. The molecule has 0 bridgehead atoms. The van der Waals surface area contributed by atoms with Crippen molar-refractivity contribution >= 4 is 17.4 Å². The van der Waals surface area contributed by atoms with Gasteiger partial charge in [0.05, 0.1) is 25.3 Å².